The van der Waals surface area contributed by atoms with Gasteiger partial charge >= 0.3 is 13.1 Å². The van der Waals surface area contributed by atoms with E-state index in [1.165, 1.54) is 20.0 Å². The Bertz CT molecular complexity index is 1360. The topological polar surface area (TPSA) is 87.9 Å². The van der Waals surface area contributed by atoms with Gasteiger partial charge in [0.1, 0.15) is 17.2 Å². The molecule has 9 nitrogen and oxygen atoms in total. The molecule has 0 saturated carbocycles. The third kappa shape index (κ3) is 4.90. The zero-order chi connectivity index (χ0) is 28.8. The van der Waals surface area contributed by atoms with E-state index < -0.39 is 24.3 Å². The van der Waals surface area contributed by atoms with Crippen LogP contribution in [0.4, 0.5) is 5.82 Å². The van der Waals surface area contributed by atoms with E-state index in [2.05, 4.69) is 35.4 Å². The van der Waals surface area contributed by atoms with Crippen LogP contribution in [0.2, 0.25) is 0 Å². The van der Waals surface area contributed by atoms with E-state index in [1.54, 1.807) is 0 Å². The summed E-state index contributed by atoms with van der Waals surface area (Å²) in [7, 11) is 0.649. The number of fused-ring (bicyclic) bond motifs is 1. The first-order chi connectivity index (χ1) is 19.0. The molecular weight excluding hydrogens is 507 g/mol. The van der Waals surface area contributed by atoms with Gasteiger partial charge in [0.05, 0.1) is 36.0 Å². The highest BCUT2D eigenvalue weighted by Crippen LogP contribution is 2.38. The van der Waals surface area contributed by atoms with Gasteiger partial charge in [0, 0.05) is 37.0 Å². The van der Waals surface area contributed by atoms with Crippen molar-refractivity contribution in [2.45, 2.75) is 91.1 Å². The number of hydrogen-bond donors (Lipinski definition) is 0. The number of carbonyl (C=O) groups is 1. The minimum Gasteiger partial charge on any atom is -0.465 e. The maximum Gasteiger partial charge on any atom is 0.495 e. The van der Waals surface area contributed by atoms with Crippen molar-refractivity contribution in [3.05, 3.63) is 36.0 Å². The molecule has 5 rings (SSSR count). The lowest BCUT2D eigenvalue weighted by Gasteiger charge is -2.32. The minimum absolute atomic E-state index is 0.346. The number of benzene rings is 1. The number of esters is 1. The van der Waals surface area contributed by atoms with Crippen LogP contribution in [-0.4, -0.2) is 71.2 Å². The molecule has 2 aromatic heterocycles. The number of rotatable bonds is 8. The maximum absolute atomic E-state index is 13.3. The molecule has 0 N–H and O–H groups in total. The molecule has 2 saturated heterocycles. The van der Waals surface area contributed by atoms with Crippen LogP contribution in [0.1, 0.15) is 71.7 Å². The van der Waals surface area contributed by atoms with E-state index in [-0.39, 0.29) is 0 Å². The lowest BCUT2D eigenvalue weighted by molar-refractivity contribution is 0.00578. The van der Waals surface area contributed by atoms with Crippen LogP contribution in [0.15, 0.2) is 30.5 Å². The number of pyridine rings is 1. The fourth-order valence-electron chi connectivity index (χ4n) is 5.75. The molecule has 2 aliphatic rings. The van der Waals surface area contributed by atoms with Gasteiger partial charge in [0.25, 0.3) is 0 Å². The van der Waals surface area contributed by atoms with Gasteiger partial charge in [-0.05, 0) is 85.0 Å². The lowest BCUT2D eigenvalue weighted by Crippen LogP contribution is -2.41. The molecule has 214 valence electrons. The van der Waals surface area contributed by atoms with Crippen LogP contribution in [0, 0.1) is 0 Å². The summed E-state index contributed by atoms with van der Waals surface area (Å²) in [6.45, 7) is 16.1. The predicted octanol–water partition coefficient (Wildman–Crippen LogP) is 4.60. The van der Waals surface area contributed by atoms with Gasteiger partial charge in [-0.3, -0.25) is 0 Å². The first kappa shape index (κ1) is 28.6. The lowest BCUT2D eigenvalue weighted by atomic mass is 9.75. The summed E-state index contributed by atoms with van der Waals surface area (Å²) in [6.07, 6.45) is 4.21. The Balaban J connectivity index is 1.62. The van der Waals surface area contributed by atoms with E-state index in [1.807, 2.05) is 52.9 Å². The van der Waals surface area contributed by atoms with Crippen molar-refractivity contribution in [1.29, 1.82) is 0 Å². The number of carbonyl (C=O) groups excluding carboxylic acids is 1. The van der Waals surface area contributed by atoms with Gasteiger partial charge < -0.3 is 28.2 Å². The zero-order valence-electron chi connectivity index (χ0n) is 25.0. The van der Waals surface area contributed by atoms with E-state index in [0.29, 0.717) is 54.2 Å². The van der Waals surface area contributed by atoms with Crippen molar-refractivity contribution in [2.24, 2.45) is 0 Å². The average molecular weight is 548 g/mol. The highest BCUT2D eigenvalue weighted by molar-refractivity contribution is 6.64. The summed E-state index contributed by atoms with van der Waals surface area (Å²) in [5, 5.41) is 0. The van der Waals surface area contributed by atoms with Crippen LogP contribution in [-0.2, 0) is 25.3 Å². The third-order valence-corrected chi connectivity index (χ3v) is 8.74. The summed E-state index contributed by atoms with van der Waals surface area (Å²) >= 11 is 0. The Morgan fingerprint density at radius 3 is 2.33 bits per heavy atom. The molecular formula is C30H41BN4O5. The number of nitrogens with zero attached hydrogens (tertiary/aromatic N) is 4. The second-order valence-corrected chi connectivity index (χ2v) is 11.8. The zero-order valence-corrected chi connectivity index (χ0v) is 25.0. The van der Waals surface area contributed by atoms with Crippen molar-refractivity contribution >= 4 is 35.4 Å². The molecule has 0 radical (unpaired) electrons. The Kier molecular flexibility index (Phi) is 7.72. The quantitative estimate of drug-likeness (QED) is 0.229. The summed E-state index contributed by atoms with van der Waals surface area (Å²) in [5.41, 5.74) is 2.05. The monoisotopic (exact) mass is 548 g/mol. The fraction of sp³-hybridized carbons (Fsp3) is 0.567. The largest absolute Gasteiger partial charge is 0.495 e. The Morgan fingerprint density at radius 1 is 1.07 bits per heavy atom. The molecule has 40 heavy (non-hydrogen) atoms. The smallest absolute Gasteiger partial charge is 0.465 e. The predicted molar refractivity (Wildman–Crippen MR) is 157 cm³/mol. The highest BCUT2D eigenvalue weighted by atomic mass is 16.7. The molecule has 0 unspecified atom stereocenters. The molecule has 0 bridgehead atoms. The average Bonchev–Trinajstić information content (AvgIpc) is 3.53. The van der Waals surface area contributed by atoms with Crippen molar-refractivity contribution in [1.82, 2.24) is 14.5 Å². The molecule has 2 aliphatic heterocycles. The second-order valence-electron chi connectivity index (χ2n) is 11.8. The molecule has 3 aromatic rings. The number of hydrogen-bond acceptors (Lipinski definition) is 8. The van der Waals surface area contributed by atoms with Crippen molar-refractivity contribution in [2.75, 3.05) is 25.2 Å². The molecule has 2 atom stereocenters. The molecule has 0 aliphatic carbocycles. The molecule has 2 fully saturated rings. The van der Waals surface area contributed by atoms with Crippen molar-refractivity contribution in [3.8, 4) is 11.4 Å². The molecule has 0 amide bonds. The normalized spacial score (nSPS) is 21.9. The van der Waals surface area contributed by atoms with Gasteiger partial charge in [-0.2, -0.15) is 0 Å². The van der Waals surface area contributed by atoms with E-state index in [4.69, 9.17) is 28.8 Å². The molecule has 1 aromatic carbocycles. The standard InChI is InChI=1S/C30H41BN4O5/c1-9-38-17-16-34-23-14-13-22(31-39-29(4,5)30(6,7)40-31)25(28(36)37-8)26(23)33-27(34)21-12-15-24(32-18-21)35-19(2)10-11-20(35)3/h12-15,18-20H,9-11,16-17H2,1-8H3/t19-,20-/m0/s1. The number of imidazole rings is 1. The van der Waals surface area contributed by atoms with Gasteiger partial charge in [-0.25, -0.2) is 14.8 Å². The number of aromatic nitrogens is 3. The Labute approximate surface area is 237 Å². The Morgan fingerprint density at radius 2 is 1.75 bits per heavy atom. The van der Waals surface area contributed by atoms with Crippen LogP contribution in [0.25, 0.3) is 22.4 Å². The van der Waals surface area contributed by atoms with Gasteiger partial charge in [0.15, 0.2) is 0 Å². The van der Waals surface area contributed by atoms with Gasteiger partial charge in [0.2, 0.25) is 0 Å². The van der Waals surface area contributed by atoms with Crippen molar-refractivity contribution < 1.29 is 23.6 Å². The molecule has 0 spiro atoms. The maximum atomic E-state index is 13.3. The number of ether oxygens (including phenoxy) is 2. The first-order valence-electron chi connectivity index (χ1n) is 14.3. The number of methoxy groups -OCH3 is 1. The molecule has 10 heteroatoms. The first-order valence-corrected chi connectivity index (χ1v) is 14.3. The van der Waals surface area contributed by atoms with E-state index in [9.17, 15) is 4.79 Å². The SMILES string of the molecule is CCOCCn1c(-c2ccc(N3[C@@H](C)CC[C@@H]3C)nc2)nc2c(C(=O)OC)c(B3OC(C)(C)C(C)(C)O3)ccc21. The van der Waals surface area contributed by atoms with Gasteiger partial charge in [-0.1, -0.05) is 6.07 Å². The highest BCUT2D eigenvalue weighted by Gasteiger charge is 2.53. The van der Waals surface area contributed by atoms with Gasteiger partial charge in [-0.15, -0.1) is 0 Å². The van der Waals surface area contributed by atoms with Crippen LogP contribution in [0.3, 0.4) is 0 Å². The van der Waals surface area contributed by atoms with E-state index in [0.717, 1.165) is 16.9 Å². The summed E-state index contributed by atoms with van der Waals surface area (Å²) in [4.78, 5) is 25.5. The van der Waals surface area contributed by atoms with Crippen molar-refractivity contribution in [3.63, 3.8) is 0 Å². The Hall–Kier alpha value is -2.95. The summed E-state index contributed by atoms with van der Waals surface area (Å²) in [5.74, 6) is 1.20. The number of anilines is 1. The minimum atomic E-state index is -0.731. The van der Waals surface area contributed by atoms with Crippen LogP contribution in [0.5, 0.6) is 0 Å². The van der Waals surface area contributed by atoms with Crippen LogP contribution >= 0.6 is 0 Å². The third-order valence-electron chi connectivity index (χ3n) is 8.74. The van der Waals surface area contributed by atoms with E-state index >= 15 is 0 Å². The molecule has 4 heterocycles. The second kappa shape index (κ2) is 10.8. The van der Waals surface area contributed by atoms with Crippen LogP contribution < -0.4 is 10.4 Å². The summed E-state index contributed by atoms with van der Waals surface area (Å²) in [6, 6.07) is 8.90. The summed E-state index contributed by atoms with van der Waals surface area (Å²) < 4.78 is 25.7. The fourth-order valence-corrected chi connectivity index (χ4v) is 5.75.